The molecule has 1 atom stereocenters. The van der Waals surface area contributed by atoms with E-state index in [-0.39, 0.29) is 24.6 Å². The van der Waals surface area contributed by atoms with Gasteiger partial charge in [0.25, 0.3) is 0 Å². The quantitative estimate of drug-likeness (QED) is 0.799. The predicted molar refractivity (Wildman–Crippen MR) is 105 cm³/mol. The molecule has 7 heteroatoms. The summed E-state index contributed by atoms with van der Waals surface area (Å²) < 4.78 is 5.98. The van der Waals surface area contributed by atoms with E-state index in [1.807, 2.05) is 47.4 Å². The molecule has 0 bridgehead atoms. The highest BCUT2D eigenvalue weighted by molar-refractivity contribution is 5.96. The summed E-state index contributed by atoms with van der Waals surface area (Å²) in [5.41, 5.74) is 0.867. The molecule has 0 spiro atoms. The van der Waals surface area contributed by atoms with Crippen molar-refractivity contribution < 1.29 is 14.3 Å². The first kappa shape index (κ1) is 18.3. The lowest BCUT2D eigenvalue weighted by Gasteiger charge is -2.33. The molecule has 3 amide bonds. The Morgan fingerprint density at radius 3 is 2.64 bits per heavy atom. The minimum atomic E-state index is -0.110. The highest BCUT2D eigenvalue weighted by Crippen LogP contribution is 2.21. The number of nitrogens with zero attached hydrogens (tertiary/aromatic N) is 4. The Balaban J connectivity index is 1.33. The maximum absolute atomic E-state index is 12.8. The van der Waals surface area contributed by atoms with Gasteiger partial charge in [-0.3, -0.25) is 14.7 Å². The number of anilines is 1. The van der Waals surface area contributed by atoms with Crippen LogP contribution in [-0.2, 0) is 4.79 Å². The third-order valence-electron chi connectivity index (χ3n) is 5.17. The number of piperidine rings is 1. The number of carbonyl (C=O) groups excluding carboxylic acids is 2. The number of carbonyl (C=O) groups is 2. The average Bonchev–Trinajstić information content (AvgIpc) is 3.10. The molecule has 7 nitrogen and oxygen atoms in total. The van der Waals surface area contributed by atoms with Gasteiger partial charge in [-0.2, -0.15) is 0 Å². The first-order valence-corrected chi connectivity index (χ1v) is 9.66. The zero-order valence-electron chi connectivity index (χ0n) is 15.7. The molecule has 0 saturated carbocycles. The summed E-state index contributed by atoms with van der Waals surface area (Å²) >= 11 is 0. The Labute approximate surface area is 164 Å². The van der Waals surface area contributed by atoms with Crippen LogP contribution in [0.25, 0.3) is 0 Å². The van der Waals surface area contributed by atoms with Gasteiger partial charge in [0.05, 0.1) is 6.54 Å². The summed E-state index contributed by atoms with van der Waals surface area (Å²) in [7, 11) is 0. The zero-order chi connectivity index (χ0) is 19.3. The Bertz CT molecular complexity index is 815. The Morgan fingerprint density at radius 2 is 1.86 bits per heavy atom. The molecule has 2 aliphatic heterocycles. The Morgan fingerprint density at radius 1 is 1.07 bits per heavy atom. The molecular weight excluding hydrogens is 356 g/mol. The third-order valence-corrected chi connectivity index (χ3v) is 5.17. The van der Waals surface area contributed by atoms with E-state index in [0.717, 1.165) is 24.3 Å². The van der Waals surface area contributed by atoms with Crippen LogP contribution in [0.5, 0.6) is 5.75 Å². The van der Waals surface area contributed by atoms with E-state index in [1.54, 1.807) is 22.2 Å². The maximum atomic E-state index is 12.8. The molecule has 2 aliphatic rings. The van der Waals surface area contributed by atoms with Crippen LogP contribution in [0.3, 0.4) is 0 Å². The van der Waals surface area contributed by atoms with Crippen molar-refractivity contribution in [3.63, 3.8) is 0 Å². The van der Waals surface area contributed by atoms with Crippen molar-refractivity contribution in [3.8, 4) is 5.75 Å². The number of urea groups is 1. The summed E-state index contributed by atoms with van der Waals surface area (Å²) in [5.74, 6) is 0.744. The molecule has 0 N–H and O–H groups in total. The molecular formula is C21H24N4O3. The van der Waals surface area contributed by atoms with Gasteiger partial charge >= 0.3 is 6.03 Å². The number of benzene rings is 1. The van der Waals surface area contributed by atoms with Crippen LogP contribution >= 0.6 is 0 Å². The van der Waals surface area contributed by atoms with Gasteiger partial charge in [0, 0.05) is 37.7 Å². The van der Waals surface area contributed by atoms with Crippen molar-refractivity contribution in [2.24, 2.45) is 0 Å². The fourth-order valence-corrected chi connectivity index (χ4v) is 3.71. The molecule has 2 fully saturated rings. The molecule has 0 radical (unpaired) electrons. The zero-order valence-corrected chi connectivity index (χ0v) is 15.7. The molecule has 146 valence electrons. The second-order valence-corrected chi connectivity index (χ2v) is 7.10. The van der Waals surface area contributed by atoms with Crippen molar-refractivity contribution in [2.75, 3.05) is 37.6 Å². The van der Waals surface area contributed by atoms with Gasteiger partial charge in [-0.05, 0) is 37.1 Å². The molecule has 0 aliphatic carbocycles. The van der Waals surface area contributed by atoms with Crippen molar-refractivity contribution in [1.29, 1.82) is 0 Å². The number of para-hydroxylation sites is 1. The fraction of sp³-hybridized carbons (Fsp3) is 0.381. The number of amides is 3. The first-order chi connectivity index (χ1) is 13.7. The molecule has 2 aromatic rings. The lowest BCUT2D eigenvalue weighted by atomic mass is 10.1. The van der Waals surface area contributed by atoms with Gasteiger partial charge in [0.1, 0.15) is 18.4 Å². The number of pyridine rings is 1. The standard InChI is InChI=1S/C21H24N4O3/c26-20(16-24-13-14-25(21(24)27)17-5-2-1-3-6-17)23-12-4-7-19(15-23)28-18-8-10-22-11-9-18/h1-3,5-6,8-11,19H,4,7,12-16H2/t19-/m1/s1. The maximum Gasteiger partial charge on any atom is 0.325 e. The van der Waals surface area contributed by atoms with E-state index in [9.17, 15) is 9.59 Å². The number of ether oxygens (including phenoxy) is 1. The number of hydrogen-bond acceptors (Lipinski definition) is 4. The summed E-state index contributed by atoms with van der Waals surface area (Å²) in [5, 5.41) is 0. The topological polar surface area (TPSA) is 66.0 Å². The predicted octanol–water partition coefficient (Wildman–Crippen LogP) is 2.39. The van der Waals surface area contributed by atoms with Gasteiger partial charge in [-0.15, -0.1) is 0 Å². The molecule has 1 aromatic heterocycles. The first-order valence-electron chi connectivity index (χ1n) is 9.66. The lowest BCUT2D eigenvalue weighted by Crippen LogP contribution is -2.48. The highest BCUT2D eigenvalue weighted by Gasteiger charge is 2.33. The van der Waals surface area contributed by atoms with Crippen LogP contribution in [0.15, 0.2) is 54.9 Å². The SMILES string of the molecule is O=C(CN1CCN(c2ccccc2)C1=O)N1CCC[C@@H](Oc2ccncc2)C1. The van der Waals surface area contributed by atoms with E-state index in [4.69, 9.17) is 4.74 Å². The second-order valence-electron chi connectivity index (χ2n) is 7.10. The van der Waals surface area contributed by atoms with Crippen molar-refractivity contribution in [1.82, 2.24) is 14.8 Å². The number of rotatable bonds is 5. The summed E-state index contributed by atoms with van der Waals surface area (Å²) in [6.45, 7) is 2.53. The summed E-state index contributed by atoms with van der Waals surface area (Å²) in [6.07, 6.45) is 5.16. The smallest absolute Gasteiger partial charge is 0.325 e. The van der Waals surface area contributed by atoms with Gasteiger partial charge in [0.2, 0.25) is 5.91 Å². The summed E-state index contributed by atoms with van der Waals surface area (Å²) in [4.78, 5) is 34.6. The molecule has 28 heavy (non-hydrogen) atoms. The van der Waals surface area contributed by atoms with E-state index >= 15 is 0 Å². The van der Waals surface area contributed by atoms with Crippen molar-refractivity contribution >= 4 is 17.6 Å². The minimum Gasteiger partial charge on any atom is -0.488 e. The van der Waals surface area contributed by atoms with Gasteiger partial charge in [-0.1, -0.05) is 18.2 Å². The van der Waals surface area contributed by atoms with Crippen LogP contribution in [0.4, 0.5) is 10.5 Å². The Hall–Kier alpha value is -3.09. The fourth-order valence-electron chi connectivity index (χ4n) is 3.71. The van der Waals surface area contributed by atoms with E-state index in [0.29, 0.717) is 26.2 Å². The molecule has 3 heterocycles. The van der Waals surface area contributed by atoms with Crippen LogP contribution in [0.2, 0.25) is 0 Å². The van der Waals surface area contributed by atoms with Gasteiger partial charge in [-0.25, -0.2) is 4.79 Å². The molecule has 1 aromatic carbocycles. The second kappa shape index (κ2) is 8.29. The van der Waals surface area contributed by atoms with Crippen LogP contribution in [0, 0.1) is 0 Å². The minimum absolute atomic E-state index is 0.0220. The average molecular weight is 380 g/mol. The van der Waals surface area contributed by atoms with Crippen LogP contribution in [0.1, 0.15) is 12.8 Å². The number of aromatic nitrogens is 1. The molecule has 0 unspecified atom stereocenters. The third kappa shape index (κ3) is 4.08. The largest absolute Gasteiger partial charge is 0.488 e. The number of hydrogen-bond donors (Lipinski definition) is 0. The van der Waals surface area contributed by atoms with E-state index in [1.165, 1.54) is 0 Å². The Kier molecular flexibility index (Phi) is 5.41. The molecule has 2 saturated heterocycles. The molecule has 4 rings (SSSR count). The van der Waals surface area contributed by atoms with Crippen LogP contribution in [-0.4, -0.2) is 65.5 Å². The monoisotopic (exact) mass is 380 g/mol. The van der Waals surface area contributed by atoms with Crippen LogP contribution < -0.4 is 9.64 Å². The lowest BCUT2D eigenvalue weighted by molar-refractivity contribution is -0.134. The van der Waals surface area contributed by atoms with Gasteiger partial charge < -0.3 is 14.5 Å². The van der Waals surface area contributed by atoms with E-state index < -0.39 is 0 Å². The van der Waals surface area contributed by atoms with E-state index in [2.05, 4.69) is 4.98 Å². The van der Waals surface area contributed by atoms with Crippen molar-refractivity contribution in [2.45, 2.75) is 18.9 Å². The number of likely N-dealkylation sites (tertiary alicyclic amines) is 1. The highest BCUT2D eigenvalue weighted by atomic mass is 16.5. The summed E-state index contributed by atoms with van der Waals surface area (Å²) in [6, 6.07) is 13.1. The van der Waals surface area contributed by atoms with Gasteiger partial charge in [0.15, 0.2) is 0 Å². The van der Waals surface area contributed by atoms with Crippen molar-refractivity contribution in [3.05, 3.63) is 54.9 Å². The normalized spacial score (nSPS) is 19.8.